The molecule has 2 aliphatic rings. The normalized spacial score (nSPS) is 30.2. The number of esters is 2. The van der Waals surface area contributed by atoms with Crippen molar-refractivity contribution in [1.29, 1.82) is 0 Å². The van der Waals surface area contributed by atoms with Gasteiger partial charge in [-0.2, -0.15) is 0 Å². The van der Waals surface area contributed by atoms with E-state index >= 15 is 0 Å². The average molecular weight is 334 g/mol. The Labute approximate surface area is 145 Å². The van der Waals surface area contributed by atoms with Crippen molar-refractivity contribution < 1.29 is 19.1 Å². The van der Waals surface area contributed by atoms with Gasteiger partial charge in [0, 0.05) is 12.2 Å². The largest absolute Gasteiger partial charge is 0.462 e. The Kier molecular flexibility index (Phi) is 7.54. The topological polar surface area (TPSA) is 52.6 Å². The third-order valence-electron chi connectivity index (χ3n) is 5.71. The molecule has 0 aromatic carbocycles. The van der Waals surface area contributed by atoms with Crippen LogP contribution in [0.5, 0.6) is 0 Å². The number of hydrogen-bond donors (Lipinski definition) is 0. The van der Waals surface area contributed by atoms with Crippen molar-refractivity contribution in [2.45, 2.75) is 51.4 Å². The second kappa shape index (κ2) is 9.65. The van der Waals surface area contributed by atoms with E-state index in [1.165, 1.54) is 37.8 Å². The molecule has 134 valence electrons. The van der Waals surface area contributed by atoms with Gasteiger partial charge in [0.15, 0.2) is 0 Å². The zero-order valence-corrected chi connectivity index (χ0v) is 14.6. The van der Waals surface area contributed by atoms with Crippen molar-refractivity contribution in [2.75, 3.05) is 13.2 Å². The van der Waals surface area contributed by atoms with Crippen molar-refractivity contribution in [3.05, 3.63) is 25.3 Å². The van der Waals surface area contributed by atoms with Gasteiger partial charge in [0.05, 0.1) is 13.2 Å². The first kappa shape index (κ1) is 18.8. The highest BCUT2D eigenvalue weighted by atomic mass is 16.5. The molecule has 0 bridgehead atoms. The minimum atomic E-state index is -0.312. The molecule has 0 N–H and O–H groups in total. The van der Waals surface area contributed by atoms with Crippen LogP contribution in [0.3, 0.4) is 0 Å². The molecule has 0 radical (unpaired) electrons. The Morgan fingerprint density at radius 2 is 1.04 bits per heavy atom. The molecule has 0 aromatic heterocycles. The van der Waals surface area contributed by atoms with Crippen molar-refractivity contribution in [2.24, 2.45) is 23.7 Å². The average Bonchev–Trinajstić information content (AvgIpc) is 2.65. The summed E-state index contributed by atoms with van der Waals surface area (Å²) in [6.07, 6.45) is 12.1. The molecule has 2 saturated carbocycles. The molecule has 2 rings (SSSR count). The Morgan fingerprint density at radius 3 is 1.33 bits per heavy atom. The summed E-state index contributed by atoms with van der Waals surface area (Å²) in [5.41, 5.74) is 0. The molecule has 0 atom stereocenters. The van der Waals surface area contributed by atoms with Gasteiger partial charge in [-0.25, -0.2) is 9.59 Å². The first-order valence-electron chi connectivity index (χ1n) is 9.20. The van der Waals surface area contributed by atoms with E-state index in [1.807, 2.05) is 0 Å². The second-order valence-corrected chi connectivity index (χ2v) is 7.23. The predicted molar refractivity (Wildman–Crippen MR) is 93.2 cm³/mol. The van der Waals surface area contributed by atoms with Gasteiger partial charge in [0.1, 0.15) is 0 Å². The first-order valence-corrected chi connectivity index (χ1v) is 9.20. The van der Waals surface area contributed by atoms with Crippen LogP contribution in [0, 0.1) is 23.7 Å². The van der Waals surface area contributed by atoms with E-state index in [0.717, 1.165) is 37.5 Å². The van der Waals surface area contributed by atoms with Crippen LogP contribution >= 0.6 is 0 Å². The van der Waals surface area contributed by atoms with Crippen molar-refractivity contribution in [3.63, 3.8) is 0 Å². The highest BCUT2D eigenvalue weighted by Crippen LogP contribution is 2.41. The molecule has 0 spiro atoms. The zero-order valence-electron chi connectivity index (χ0n) is 14.6. The minimum absolute atomic E-state index is 0.312. The SMILES string of the molecule is C=CC(=O)OCC1CCC(C2CCC(COC(=O)C=C)CC2)CC1. The molecule has 4 heteroatoms. The molecule has 4 nitrogen and oxygen atoms in total. The fourth-order valence-corrected chi connectivity index (χ4v) is 4.17. The van der Waals surface area contributed by atoms with Crippen LogP contribution in [0.2, 0.25) is 0 Å². The fourth-order valence-electron chi connectivity index (χ4n) is 4.17. The lowest BCUT2D eigenvalue weighted by atomic mass is 9.69. The Morgan fingerprint density at radius 1 is 0.708 bits per heavy atom. The van der Waals surface area contributed by atoms with E-state index in [1.54, 1.807) is 0 Å². The van der Waals surface area contributed by atoms with Crippen molar-refractivity contribution in [1.82, 2.24) is 0 Å². The third kappa shape index (κ3) is 5.81. The molecule has 0 heterocycles. The molecule has 2 fully saturated rings. The summed E-state index contributed by atoms with van der Waals surface area (Å²) < 4.78 is 10.4. The summed E-state index contributed by atoms with van der Waals surface area (Å²) in [4.78, 5) is 22.3. The molecular formula is C20H30O4. The maximum atomic E-state index is 11.1. The van der Waals surface area contributed by atoms with Gasteiger partial charge in [-0.15, -0.1) is 0 Å². The van der Waals surface area contributed by atoms with Crippen molar-refractivity contribution in [3.8, 4) is 0 Å². The molecule has 0 unspecified atom stereocenters. The summed E-state index contributed by atoms with van der Waals surface area (Å²) in [6.45, 7) is 7.93. The summed E-state index contributed by atoms with van der Waals surface area (Å²) in [7, 11) is 0. The number of ether oxygens (including phenoxy) is 2. The second-order valence-electron chi connectivity index (χ2n) is 7.23. The van der Waals surface area contributed by atoms with Crippen molar-refractivity contribution >= 4 is 11.9 Å². The van der Waals surface area contributed by atoms with Crippen LogP contribution in [0.4, 0.5) is 0 Å². The van der Waals surface area contributed by atoms with E-state index in [-0.39, 0.29) is 11.9 Å². The molecule has 0 amide bonds. The number of carbonyl (C=O) groups is 2. The lowest BCUT2D eigenvalue weighted by molar-refractivity contribution is -0.140. The molecule has 0 aliphatic heterocycles. The molecule has 0 saturated heterocycles. The van der Waals surface area contributed by atoms with Gasteiger partial charge in [-0.3, -0.25) is 0 Å². The van der Waals surface area contributed by atoms with Crippen LogP contribution < -0.4 is 0 Å². The Bertz CT molecular complexity index is 399. The van der Waals surface area contributed by atoms with Gasteiger partial charge in [-0.05, 0) is 75.0 Å². The quantitative estimate of drug-likeness (QED) is 0.520. The van der Waals surface area contributed by atoms with E-state index in [2.05, 4.69) is 13.2 Å². The number of carbonyl (C=O) groups excluding carboxylic acids is 2. The number of rotatable bonds is 7. The lowest BCUT2D eigenvalue weighted by Gasteiger charge is -2.37. The summed E-state index contributed by atoms with van der Waals surface area (Å²) >= 11 is 0. The van der Waals surface area contributed by atoms with Crippen LogP contribution in [-0.4, -0.2) is 25.2 Å². The van der Waals surface area contributed by atoms with E-state index < -0.39 is 0 Å². The van der Waals surface area contributed by atoms with Gasteiger partial charge >= 0.3 is 11.9 Å². The number of hydrogen-bond acceptors (Lipinski definition) is 4. The maximum Gasteiger partial charge on any atom is 0.330 e. The fraction of sp³-hybridized carbons (Fsp3) is 0.700. The molecular weight excluding hydrogens is 304 g/mol. The molecule has 2 aliphatic carbocycles. The van der Waals surface area contributed by atoms with Crippen LogP contribution in [0.25, 0.3) is 0 Å². The third-order valence-corrected chi connectivity index (χ3v) is 5.71. The predicted octanol–water partition coefficient (Wildman–Crippen LogP) is 4.06. The molecule has 0 aromatic rings. The highest BCUT2D eigenvalue weighted by Gasteiger charge is 2.31. The minimum Gasteiger partial charge on any atom is -0.462 e. The van der Waals surface area contributed by atoms with Gasteiger partial charge in [0.2, 0.25) is 0 Å². The van der Waals surface area contributed by atoms with Gasteiger partial charge in [-0.1, -0.05) is 13.2 Å². The smallest absolute Gasteiger partial charge is 0.330 e. The summed E-state index contributed by atoms with van der Waals surface area (Å²) in [6, 6.07) is 0. The van der Waals surface area contributed by atoms with Gasteiger partial charge in [0.25, 0.3) is 0 Å². The maximum absolute atomic E-state index is 11.1. The summed E-state index contributed by atoms with van der Waals surface area (Å²) in [5, 5.41) is 0. The van der Waals surface area contributed by atoms with Crippen LogP contribution in [0.1, 0.15) is 51.4 Å². The van der Waals surface area contributed by atoms with Gasteiger partial charge < -0.3 is 9.47 Å². The van der Waals surface area contributed by atoms with Crippen LogP contribution in [-0.2, 0) is 19.1 Å². The monoisotopic (exact) mass is 334 g/mol. The lowest BCUT2D eigenvalue weighted by Crippen LogP contribution is -2.28. The zero-order chi connectivity index (χ0) is 17.4. The highest BCUT2D eigenvalue weighted by molar-refractivity contribution is 5.81. The van der Waals surface area contributed by atoms with E-state index in [9.17, 15) is 9.59 Å². The Hall–Kier alpha value is -1.58. The first-order chi connectivity index (χ1) is 11.6. The summed E-state index contributed by atoms with van der Waals surface area (Å²) in [5.74, 6) is 2.03. The standard InChI is InChI=1S/C20H30O4/c1-3-19(21)23-13-15-5-9-17(10-6-15)18-11-7-16(8-12-18)14-24-20(22)4-2/h3-4,15-18H,1-2,5-14H2. The Balaban J connectivity index is 1.63. The van der Waals surface area contributed by atoms with E-state index in [4.69, 9.17) is 9.47 Å². The molecule has 24 heavy (non-hydrogen) atoms. The van der Waals surface area contributed by atoms with Crippen LogP contribution in [0.15, 0.2) is 25.3 Å². The van der Waals surface area contributed by atoms with E-state index in [0.29, 0.717) is 25.0 Å².